The second-order valence-corrected chi connectivity index (χ2v) is 6.90. The number of morpholine rings is 1. The Morgan fingerprint density at radius 3 is 2.46 bits per heavy atom. The van der Waals surface area contributed by atoms with Crippen LogP contribution in [0.4, 0.5) is 4.79 Å². The number of carbonyl (C=O) groups excluding carboxylic acids is 2. The zero-order valence-corrected chi connectivity index (χ0v) is 15.8. The summed E-state index contributed by atoms with van der Waals surface area (Å²) in [6.07, 6.45) is 0.966. The molecule has 1 fully saturated rings. The van der Waals surface area contributed by atoms with Crippen LogP contribution in [0.1, 0.15) is 36.2 Å². The molecular formula is C19H31N4O3+. The summed E-state index contributed by atoms with van der Waals surface area (Å²) in [6.45, 7) is 9.78. The molecule has 3 amide bonds. The Kier molecular flexibility index (Phi) is 8.37. The van der Waals surface area contributed by atoms with Crippen molar-refractivity contribution in [3.05, 3.63) is 35.4 Å². The van der Waals surface area contributed by atoms with E-state index in [9.17, 15) is 9.59 Å². The molecule has 0 aromatic heterocycles. The predicted molar refractivity (Wildman–Crippen MR) is 100 cm³/mol. The van der Waals surface area contributed by atoms with Gasteiger partial charge in [-0.25, -0.2) is 4.79 Å². The van der Waals surface area contributed by atoms with E-state index in [1.54, 1.807) is 17.0 Å². The van der Waals surface area contributed by atoms with Crippen LogP contribution in [0.5, 0.6) is 0 Å². The van der Waals surface area contributed by atoms with Gasteiger partial charge in [-0.1, -0.05) is 12.1 Å². The number of nitrogens with one attached hydrogen (secondary N) is 4. The summed E-state index contributed by atoms with van der Waals surface area (Å²) in [5, 5.41) is 8.53. The second-order valence-electron chi connectivity index (χ2n) is 6.90. The van der Waals surface area contributed by atoms with Gasteiger partial charge in [0.05, 0.1) is 19.8 Å². The standard InChI is InChI=1S/C19H30N4O3/c1-15(2)22-19(25)21-14-16-4-6-17(7-5-16)18(24)20-8-3-9-23-10-12-26-13-11-23/h4-7,15H,3,8-14H2,1-2H3,(H,20,24)(H2,21,22,25)/p+1. The molecule has 1 heterocycles. The lowest BCUT2D eigenvalue weighted by Crippen LogP contribution is -3.14. The van der Waals surface area contributed by atoms with E-state index in [0.717, 1.165) is 44.8 Å². The topological polar surface area (TPSA) is 83.9 Å². The lowest BCUT2D eigenvalue weighted by Gasteiger charge is -2.23. The zero-order chi connectivity index (χ0) is 18.8. The first-order valence-electron chi connectivity index (χ1n) is 9.37. The first kappa shape index (κ1) is 20.2. The average Bonchev–Trinajstić information content (AvgIpc) is 2.64. The molecule has 26 heavy (non-hydrogen) atoms. The van der Waals surface area contributed by atoms with Crippen LogP contribution in [0.15, 0.2) is 24.3 Å². The maximum absolute atomic E-state index is 12.2. The maximum Gasteiger partial charge on any atom is 0.315 e. The summed E-state index contributed by atoms with van der Waals surface area (Å²) in [4.78, 5) is 25.3. The molecule has 1 aromatic rings. The highest BCUT2D eigenvalue weighted by Gasteiger charge is 2.13. The van der Waals surface area contributed by atoms with E-state index >= 15 is 0 Å². The highest BCUT2D eigenvalue weighted by molar-refractivity contribution is 5.94. The van der Waals surface area contributed by atoms with Crippen molar-refractivity contribution in [3.63, 3.8) is 0 Å². The first-order valence-corrected chi connectivity index (χ1v) is 9.37. The van der Waals surface area contributed by atoms with Gasteiger partial charge in [0.25, 0.3) is 5.91 Å². The largest absolute Gasteiger partial charge is 0.370 e. The number of amides is 3. The summed E-state index contributed by atoms with van der Waals surface area (Å²) in [5.41, 5.74) is 1.59. The first-order chi connectivity index (χ1) is 12.5. The fourth-order valence-corrected chi connectivity index (χ4v) is 2.82. The van der Waals surface area contributed by atoms with Gasteiger partial charge in [-0.2, -0.15) is 0 Å². The summed E-state index contributed by atoms with van der Waals surface area (Å²) >= 11 is 0. The molecule has 0 aliphatic carbocycles. The van der Waals surface area contributed by atoms with Crippen molar-refractivity contribution in [2.24, 2.45) is 0 Å². The molecule has 7 heteroatoms. The lowest BCUT2D eigenvalue weighted by molar-refractivity contribution is -0.908. The third-order valence-corrected chi connectivity index (χ3v) is 4.28. The molecule has 4 N–H and O–H groups in total. The molecule has 7 nitrogen and oxygen atoms in total. The molecule has 0 atom stereocenters. The third kappa shape index (κ3) is 7.41. The van der Waals surface area contributed by atoms with Crippen LogP contribution in [0, 0.1) is 0 Å². The Labute approximate surface area is 155 Å². The van der Waals surface area contributed by atoms with Gasteiger partial charge in [-0.3, -0.25) is 4.79 Å². The summed E-state index contributed by atoms with van der Waals surface area (Å²) < 4.78 is 5.34. The number of hydrogen-bond acceptors (Lipinski definition) is 3. The van der Waals surface area contributed by atoms with Crippen LogP contribution in [0.3, 0.4) is 0 Å². The van der Waals surface area contributed by atoms with Crippen LogP contribution in [0.2, 0.25) is 0 Å². The van der Waals surface area contributed by atoms with E-state index in [4.69, 9.17) is 4.74 Å². The Morgan fingerprint density at radius 1 is 1.12 bits per heavy atom. The van der Waals surface area contributed by atoms with Gasteiger partial charge in [-0.05, 0) is 31.5 Å². The average molecular weight is 363 g/mol. The fraction of sp³-hybridized carbons (Fsp3) is 0.579. The van der Waals surface area contributed by atoms with Crippen LogP contribution in [-0.4, -0.2) is 57.4 Å². The lowest BCUT2D eigenvalue weighted by atomic mass is 10.1. The van der Waals surface area contributed by atoms with E-state index in [-0.39, 0.29) is 18.0 Å². The van der Waals surface area contributed by atoms with E-state index in [1.807, 2.05) is 26.0 Å². The Hall–Kier alpha value is -2.12. The molecule has 0 radical (unpaired) electrons. The van der Waals surface area contributed by atoms with E-state index in [1.165, 1.54) is 0 Å². The molecule has 0 saturated carbocycles. The molecule has 2 rings (SSSR count). The van der Waals surface area contributed by atoms with Gasteiger partial charge in [0, 0.05) is 31.1 Å². The van der Waals surface area contributed by atoms with Crippen molar-refractivity contribution in [1.82, 2.24) is 16.0 Å². The molecule has 1 saturated heterocycles. The van der Waals surface area contributed by atoms with Gasteiger partial charge in [0.15, 0.2) is 0 Å². The smallest absolute Gasteiger partial charge is 0.315 e. The summed E-state index contributed by atoms with van der Waals surface area (Å²) in [6, 6.07) is 7.22. The number of urea groups is 1. The van der Waals surface area contributed by atoms with Crippen LogP contribution < -0.4 is 20.9 Å². The number of hydrogen-bond donors (Lipinski definition) is 4. The molecule has 0 unspecified atom stereocenters. The summed E-state index contributed by atoms with van der Waals surface area (Å²) in [7, 11) is 0. The maximum atomic E-state index is 12.2. The Bertz CT molecular complexity index is 569. The Balaban J connectivity index is 1.66. The van der Waals surface area contributed by atoms with Crippen LogP contribution in [-0.2, 0) is 11.3 Å². The SMILES string of the molecule is CC(C)NC(=O)NCc1ccc(C(=O)NCCC[NH+]2CCOCC2)cc1. The summed E-state index contributed by atoms with van der Waals surface area (Å²) in [5.74, 6) is -0.0564. The number of quaternary nitrogens is 1. The molecule has 1 aliphatic rings. The van der Waals surface area contributed by atoms with Gasteiger partial charge in [0.1, 0.15) is 13.1 Å². The number of rotatable bonds is 8. The highest BCUT2D eigenvalue weighted by Crippen LogP contribution is 2.04. The number of benzene rings is 1. The third-order valence-electron chi connectivity index (χ3n) is 4.28. The van der Waals surface area contributed by atoms with Gasteiger partial charge in [0.2, 0.25) is 0 Å². The van der Waals surface area contributed by atoms with Crippen LogP contribution in [0.25, 0.3) is 0 Å². The quantitative estimate of drug-likeness (QED) is 0.488. The Morgan fingerprint density at radius 2 is 1.81 bits per heavy atom. The molecule has 1 aromatic carbocycles. The molecule has 0 bridgehead atoms. The molecular weight excluding hydrogens is 332 g/mol. The minimum absolute atomic E-state index is 0.0564. The normalized spacial score (nSPS) is 14.9. The van der Waals surface area contributed by atoms with Crippen LogP contribution >= 0.6 is 0 Å². The molecule has 1 aliphatic heterocycles. The second kappa shape index (κ2) is 10.8. The number of carbonyl (C=O) groups is 2. The van der Waals surface area contributed by atoms with Gasteiger partial charge >= 0.3 is 6.03 Å². The van der Waals surface area contributed by atoms with Crippen molar-refractivity contribution in [2.45, 2.75) is 32.9 Å². The van der Waals surface area contributed by atoms with Gasteiger partial charge in [-0.15, -0.1) is 0 Å². The van der Waals surface area contributed by atoms with E-state index in [2.05, 4.69) is 16.0 Å². The van der Waals surface area contributed by atoms with Gasteiger partial charge < -0.3 is 25.6 Å². The van der Waals surface area contributed by atoms with Crippen molar-refractivity contribution in [1.29, 1.82) is 0 Å². The highest BCUT2D eigenvalue weighted by atomic mass is 16.5. The minimum atomic E-state index is -0.191. The van der Waals surface area contributed by atoms with E-state index < -0.39 is 0 Å². The van der Waals surface area contributed by atoms with Crippen molar-refractivity contribution >= 4 is 11.9 Å². The molecule has 0 spiro atoms. The van der Waals surface area contributed by atoms with Crippen molar-refractivity contribution in [2.75, 3.05) is 39.4 Å². The van der Waals surface area contributed by atoms with E-state index in [0.29, 0.717) is 18.7 Å². The van der Waals surface area contributed by atoms with Crippen molar-refractivity contribution in [3.8, 4) is 0 Å². The molecule has 144 valence electrons. The number of ether oxygens (including phenoxy) is 1. The monoisotopic (exact) mass is 363 g/mol. The minimum Gasteiger partial charge on any atom is -0.370 e. The predicted octanol–water partition coefficient (Wildman–Crippen LogP) is -0.0708. The fourth-order valence-electron chi connectivity index (χ4n) is 2.82. The zero-order valence-electron chi connectivity index (χ0n) is 15.8. The van der Waals surface area contributed by atoms with Crippen molar-refractivity contribution < 1.29 is 19.2 Å².